The van der Waals surface area contributed by atoms with Gasteiger partial charge in [0.15, 0.2) is 0 Å². The molecule has 0 bridgehead atoms. The lowest BCUT2D eigenvalue weighted by Crippen LogP contribution is -1.99. The van der Waals surface area contributed by atoms with Gasteiger partial charge in [0.2, 0.25) is 0 Å². The van der Waals surface area contributed by atoms with Crippen LogP contribution in [0.25, 0.3) is 0 Å². The van der Waals surface area contributed by atoms with Gasteiger partial charge in [-0.15, -0.1) is 11.8 Å². The smallest absolute Gasteiger partial charge is 0.335 e. The van der Waals surface area contributed by atoms with Crippen molar-refractivity contribution in [3.05, 3.63) is 41.5 Å². The van der Waals surface area contributed by atoms with Crippen molar-refractivity contribution in [1.29, 1.82) is 0 Å². The molecule has 0 unspecified atom stereocenters. The van der Waals surface area contributed by atoms with Crippen LogP contribution in [0.1, 0.15) is 29.3 Å². The second-order valence-corrected chi connectivity index (χ2v) is 4.72. The number of carboxylic acids is 1. The molecule has 1 aromatic rings. The summed E-state index contributed by atoms with van der Waals surface area (Å²) in [6, 6.07) is 5.53. The minimum absolute atomic E-state index is 0.382. The zero-order chi connectivity index (χ0) is 12.1. The first-order valence-corrected chi connectivity index (χ1v) is 6.16. The Kier molecular flexibility index (Phi) is 4.62. The van der Waals surface area contributed by atoms with E-state index >= 15 is 0 Å². The number of hydrogen-bond acceptors (Lipinski definition) is 2. The summed E-state index contributed by atoms with van der Waals surface area (Å²) in [6.07, 6.45) is 0.963. The van der Waals surface area contributed by atoms with E-state index in [0.717, 1.165) is 22.6 Å². The van der Waals surface area contributed by atoms with Crippen LogP contribution in [0.2, 0.25) is 0 Å². The summed E-state index contributed by atoms with van der Waals surface area (Å²) in [4.78, 5) is 11.9. The normalized spacial score (nSPS) is 10.1. The Hall–Kier alpha value is -1.22. The maximum absolute atomic E-state index is 10.9. The average Bonchev–Trinajstić information content (AvgIpc) is 2.27. The number of aryl methyl sites for hydroxylation is 1. The van der Waals surface area contributed by atoms with Crippen LogP contribution in [-0.4, -0.2) is 16.8 Å². The van der Waals surface area contributed by atoms with Gasteiger partial charge in [-0.25, -0.2) is 4.79 Å². The summed E-state index contributed by atoms with van der Waals surface area (Å²) in [7, 11) is 0. The molecule has 0 amide bonds. The minimum atomic E-state index is -0.866. The standard InChI is InChI=1S/C13H16O2S/c1-4-9(2)8-16-11-6-5-10(3)12(7-11)13(14)15/h5-7H,2,4,8H2,1,3H3,(H,14,15). The third-order valence-corrected chi connectivity index (χ3v) is 3.52. The van der Waals surface area contributed by atoms with Crippen LogP contribution in [-0.2, 0) is 0 Å². The number of thioether (sulfide) groups is 1. The van der Waals surface area contributed by atoms with Crippen molar-refractivity contribution in [2.75, 3.05) is 5.75 Å². The Morgan fingerprint density at radius 3 is 2.75 bits per heavy atom. The summed E-state index contributed by atoms with van der Waals surface area (Å²) >= 11 is 1.63. The molecule has 0 saturated carbocycles. The highest BCUT2D eigenvalue weighted by Crippen LogP contribution is 2.23. The van der Waals surface area contributed by atoms with Gasteiger partial charge >= 0.3 is 5.97 Å². The average molecular weight is 236 g/mol. The molecule has 1 aromatic carbocycles. The quantitative estimate of drug-likeness (QED) is 0.625. The van der Waals surface area contributed by atoms with Crippen LogP contribution in [0.3, 0.4) is 0 Å². The molecule has 0 atom stereocenters. The van der Waals surface area contributed by atoms with E-state index in [1.807, 2.05) is 19.1 Å². The predicted molar refractivity (Wildman–Crippen MR) is 68.3 cm³/mol. The molecule has 0 aliphatic carbocycles. The molecule has 0 saturated heterocycles. The molecular weight excluding hydrogens is 220 g/mol. The summed E-state index contributed by atoms with van der Waals surface area (Å²) in [5.74, 6) is -0.0206. The summed E-state index contributed by atoms with van der Waals surface area (Å²) in [6.45, 7) is 7.80. The fourth-order valence-corrected chi connectivity index (χ4v) is 2.15. The number of hydrogen-bond donors (Lipinski definition) is 1. The van der Waals surface area contributed by atoms with Gasteiger partial charge in [-0.3, -0.25) is 0 Å². The number of rotatable bonds is 5. The highest BCUT2D eigenvalue weighted by atomic mass is 32.2. The van der Waals surface area contributed by atoms with E-state index in [0.29, 0.717) is 5.56 Å². The van der Waals surface area contributed by atoms with Gasteiger partial charge in [0, 0.05) is 10.6 Å². The molecule has 3 heteroatoms. The first-order chi connectivity index (χ1) is 7.54. The molecular formula is C13H16O2S. The molecule has 0 fully saturated rings. The van der Waals surface area contributed by atoms with Gasteiger partial charge in [0.25, 0.3) is 0 Å². The molecule has 16 heavy (non-hydrogen) atoms. The van der Waals surface area contributed by atoms with Crippen LogP contribution in [0.5, 0.6) is 0 Å². The molecule has 0 aliphatic heterocycles. The minimum Gasteiger partial charge on any atom is -0.478 e. The second kappa shape index (κ2) is 5.75. The van der Waals surface area contributed by atoms with Crippen LogP contribution in [0, 0.1) is 6.92 Å². The number of carbonyl (C=O) groups is 1. The zero-order valence-electron chi connectivity index (χ0n) is 9.62. The van der Waals surface area contributed by atoms with Gasteiger partial charge in [-0.2, -0.15) is 0 Å². The van der Waals surface area contributed by atoms with Gasteiger partial charge in [-0.1, -0.05) is 25.1 Å². The van der Waals surface area contributed by atoms with Gasteiger partial charge in [-0.05, 0) is 31.0 Å². The van der Waals surface area contributed by atoms with Crippen molar-refractivity contribution in [1.82, 2.24) is 0 Å². The molecule has 1 rings (SSSR count). The third-order valence-electron chi connectivity index (χ3n) is 2.38. The maximum atomic E-state index is 10.9. The van der Waals surface area contributed by atoms with Crippen LogP contribution < -0.4 is 0 Å². The molecule has 1 N–H and O–H groups in total. The molecule has 0 heterocycles. The molecule has 0 radical (unpaired) electrons. The summed E-state index contributed by atoms with van der Waals surface area (Å²) in [5.41, 5.74) is 2.35. The third kappa shape index (κ3) is 3.42. The molecule has 0 aliphatic rings. The first kappa shape index (κ1) is 12.8. The van der Waals surface area contributed by atoms with E-state index in [2.05, 4.69) is 13.5 Å². The molecule has 2 nitrogen and oxygen atoms in total. The van der Waals surface area contributed by atoms with Crippen LogP contribution in [0.15, 0.2) is 35.2 Å². The molecule has 0 spiro atoms. The number of aromatic carboxylic acids is 1. The van der Waals surface area contributed by atoms with Crippen LogP contribution in [0.4, 0.5) is 0 Å². The summed E-state index contributed by atoms with van der Waals surface area (Å²) < 4.78 is 0. The first-order valence-electron chi connectivity index (χ1n) is 5.18. The fraction of sp³-hybridized carbons (Fsp3) is 0.308. The van der Waals surface area contributed by atoms with Crippen LogP contribution >= 0.6 is 11.8 Å². The number of benzene rings is 1. The SMILES string of the molecule is C=C(CC)CSc1ccc(C)c(C(=O)O)c1. The molecule has 86 valence electrons. The van der Waals surface area contributed by atoms with E-state index in [9.17, 15) is 4.79 Å². The fourth-order valence-electron chi connectivity index (χ4n) is 1.21. The lowest BCUT2D eigenvalue weighted by atomic mass is 10.1. The topological polar surface area (TPSA) is 37.3 Å². The van der Waals surface area contributed by atoms with Gasteiger partial charge < -0.3 is 5.11 Å². The Morgan fingerprint density at radius 2 is 2.19 bits per heavy atom. The maximum Gasteiger partial charge on any atom is 0.335 e. The monoisotopic (exact) mass is 236 g/mol. The Balaban J connectivity index is 2.79. The Labute approximate surface area is 100 Å². The Bertz CT molecular complexity index is 410. The van der Waals surface area contributed by atoms with E-state index < -0.39 is 5.97 Å². The van der Waals surface area contributed by atoms with E-state index in [1.165, 1.54) is 5.57 Å². The van der Waals surface area contributed by atoms with Crippen molar-refractivity contribution in [2.24, 2.45) is 0 Å². The lowest BCUT2D eigenvalue weighted by Gasteiger charge is -2.06. The van der Waals surface area contributed by atoms with Gasteiger partial charge in [0.1, 0.15) is 0 Å². The van der Waals surface area contributed by atoms with E-state index in [1.54, 1.807) is 17.8 Å². The summed E-state index contributed by atoms with van der Waals surface area (Å²) in [5, 5.41) is 8.99. The highest BCUT2D eigenvalue weighted by molar-refractivity contribution is 7.99. The van der Waals surface area contributed by atoms with Crippen molar-refractivity contribution in [3.8, 4) is 0 Å². The number of carboxylic acid groups (broad SMARTS) is 1. The lowest BCUT2D eigenvalue weighted by molar-refractivity contribution is 0.0696. The highest BCUT2D eigenvalue weighted by Gasteiger charge is 2.07. The largest absolute Gasteiger partial charge is 0.478 e. The second-order valence-electron chi connectivity index (χ2n) is 3.67. The van der Waals surface area contributed by atoms with Crippen molar-refractivity contribution in [3.63, 3.8) is 0 Å². The molecule has 0 aromatic heterocycles. The van der Waals surface area contributed by atoms with Crippen molar-refractivity contribution < 1.29 is 9.90 Å². The Morgan fingerprint density at radius 1 is 1.50 bits per heavy atom. The predicted octanol–water partition coefficient (Wildman–Crippen LogP) is 3.75. The van der Waals surface area contributed by atoms with Gasteiger partial charge in [0.05, 0.1) is 5.56 Å². The van der Waals surface area contributed by atoms with Crippen molar-refractivity contribution >= 4 is 17.7 Å². The van der Waals surface area contributed by atoms with E-state index in [-0.39, 0.29) is 0 Å². The van der Waals surface area contributed by atoms with E-state index in [4.69, 9.17) is 5.11 Å². The zero-order valence-corrected chi connectivity index (χ0v) is 10.4. The van der Waals surface area contributed by atoms with Crippen molar-refractivity contribution in [2.45, 2.75) is 25.2 Å².